The summed E-state index contributed by atoms with van der Waals surface area (Å²) < 4.78 is 5.67. The lowest BCUT2D eigenvalue weighted by Gasteiger charge is -2.24. The average Bonchev–Trinajstić information content (AvgIpc) is 2.72. The number of rotatable bonds is 3. The Balaban J connectivity index is 1.84. The predicted molar refractivity (Wildman–Crippen MR) is 59.5 cm³/mol. The molecule has 1 fully saturated rings. The molecule has 1 saturated heterocycles. The fourth-order valence-electron chi connectivity index (χ4n) is 1.89. The predicted octanol–water partition coefficient (Wildman–Crippen LogP) is 2.71. The molecule has 1 aromatic rings. The van der Waals surface area contributed by atoms with E-state index in [9.17, 15) is 0 Å². The third-order valence-corrected chi connectivity index (χ3v) is 3.70. The number of thiophene rings is 1. The first kappa shape index (κ1) is 10.1. The summed E-state index contributed by atoms with van der Waals surface area (Å²) in [4.78, 5) is 1.28. The SMILES string of the molecule is NC(CC1CCCCO1)c1cccs1. The molecule has 2 N–H and O–H groups in total. The fraction of sp³-hybridized carbons (Fsp3) is 0.636. The zero-order valence-corrected chi connectivity index (χ0v) is 9.13. The monoisotopic (exact) mass is 211 g/mol. The minimum atomic E-state index is 0.165. The van der Waals surface area contributed by atoms with Gasteiger partial charge in [-0.2, -0.15) is 0 Å². The molecule has 0 aliphatic carbocycles. The van der Waals surface area contributed by atoms with Crippen molar-refractivity contribution in [1.82, 2.24) is 0 Å². The Morgan fingerprint density at radius 2 is 2.50 bits per heavy atom. The Labute approximate surface area is 89.1 Å². The molecule has 2 nitrogen and oxygen atoms in total. The van der Waals surface area contributed by atoms with Crippen LogP contribution in [0.15, 0.2) is 17.5 Å². The normalized spacial score (nSPS) is 24.8. The molecule has 0 aromatic carbocycles. The van der Waals surface area contributed by atoms with Gasteiger partial charge in [-0.05, 0) is 37.1 Å². The summed E-state index contributed by atoms with van der Waals surface area (Å²) >= 11 is 1.74. The molecule has 0 bridgehead atoms. The zero-order chi connectivity index (χ0) is 9.80. The average molecular weight is 211 g/mol. The molecule has 2 rings (SSSR count). The first-order valence-electron chi connectivity index (χ1n) is 5.27. The molecule has 2 atom stereocenters. The van der Waals surface area contributed by atoms with Gasteiger partial charge >= 0.3 is 0 Å². The van der Waals surface area contributed by atoms with Crippen LogP contribution in [0, 0.1) is 0 Å². The highest BCUT2D eigenvalue weighted by molar-refractivity contribution is 7.10. The first-order chi connectivity index (χ1) is 6.86. The molecule has 0 saturated carbocycles. The number of hydrogen-bond acceptors (Lipinski definition) is 3. The summed E-state index contributed by atoms with van der Waals surface area (Å²) in [5, 5.41) is 2.08. The quantitative estimate of drug-likeness (QED) is 0.834. The van der Waals surface area contributed by atoms with Crippen LogP contribution in [0.25, 0.3) is 0 Å². The second-order valence-electron chi connectivity index (χ2n) is 3.85. The Hall–Kier alpha value is -0.380. The molecule has 2 unspecified atom stereocenters. The van der Waals surface area contributed by atoms with Crippen molar-refractivity contribution >= 4 is 11.3 Å². The lowest BCUT2D eigenvalue weighted by Crippen LogP contribution is -2.24. The molecule has 1 aliphatic rings. The van der Waals surface area contributed by atoms with Crippen LogP contribution in [0.5, 0.6) is 0 Å². The van der Waals surface area contributed by atoms with Crippen LogP contribution in [0.2, 0.25) is 0 Å². The Bertz CT molecular complexity index is 254. The minimum absolute atomic E-state index is 0.165. The van der Waals surface area contributed by atoms with Crippen molar-refractivity contribution < 1.29 is 4.74 Å². The van der Waals surface area contributed by atoms with Gasteiger partial charge in [0.25, 0.3) is 0 Å². The van der Waals surface area contributed by atoms with Gasteiger partial charge < -0.3 is 10.5 Å². The number of ether oxygens (including phenoxy) is 1. The van der Waals surface area contributed by atoms with Gasteiger partial charge in [-0.25, -0.2) is 0 Å². The van der Waals surface area contributed by atoms with Crippen molar-refractivity contribution in [2.24, 2.45) is 5.73 Å². The van der Waals surface area contributed by atoms with E-state index in [0.717, 1.165) is 13.0 Å². The van der Waals surface area contributed by atoms with Crippen molar-refractivity contribution in [3.05, 3.63) is 22.4 Å². The molecule has 1 aliphatic heterocycles. The van der Waals surface area contributed by atoms with Crippen LogP contribution < -0.4 is 5.73 Å². The topological polar surface area (TPSA) is 35.2 Å². The van der Waals surface area contributed by atoms with E-state index in [2.05, 4.69) is 17.5 Å². The van der Waals surface area contributed by atoms with Crippen LogP contribution in [0.4, 0.5) is 0 Å². The lowest BCUT2D eigenvalue weighted by atomic mass is 10.0. The van der Waals surface area contributed by atoms with Gasteiger partial charge in [0.15, 0.2) is 0 Å². The Kier molecular flexibility index (Phi) is 3.56. The third-order valence-electron chi connectivity index (χ3n) is 2.70. The smallest absolute Gasteiger partial charge is 0.0593 e. The summed E-state index contributed by atoms with van der Waals surface area (Å²) in [6.07, 6.45) is 5.05. The van der Waals surface area contributed by atoms with Crippen LogP contribution in [0.1, 0.15) is 36.6 Å². The minimum Gasteiger partial charge on any atom is -0.378 e. The third kappa shape index (κ3) is 2.56. The standard InChI is InChI=1S/C11H17NOS/c12-10(11-5-3-7-14-11)8-9-4-1-2-6-13-9/h3,5,7,9-10H,1-2,4,6,8,12H2. The van der Waals surface area contributed by atoms with Crippen molar-refractivity contribution in [3.8, 4) is 0 Å². The molecule has 1 aromatic heterocycles. The van der Waals surface area contributed by atoms with Gasteiger partial charge in [-0.1, -0.05) is 6.07 Å². The fourth-order valence-corrected chi connectivity index (χ4v) is 2.64. The molecule has 0 amide bonds. The zero-order valence-electron chi connectivity index (χ0n) is 8.32. The molecule has 78 valence electrons. The largest absolute Gasteiger partial charge is 0.378 e. The second-order valence-corrected chi connectivity index (χ2v) is 4.83. The number of nitrogens with two attached hydrogens (primary N) is 1. The Morgan fingerprint density at radius 1 is 1.57 bits per heavy atom. The van der Waals surface area contributed by atoms with Gasteiger partial charge in [-0.15, -0.1) is 11.3 Å². The molecular weight excluding hydrogens is 194 g/mol. The molecule has 0 radical (unpaired) electrons. The second kappa shape index (κ2) is 4.91. The van der Waals surface area contributed by atoms with E-state index in [1.165, 1.54) is 24.1 Å². The molecular formula is C11H17NOS. The van der Waals surface area contributed by atoms with Gasteiger partial charge in [0, 0.05) is 17.5 Å². The highest BCUT2D eigenvalue weighted by Crippen LogP contribution is 2.25. The summed E-state index contributed by atoms with van der Waals surface area (Å²) in [7, 11) is 0. The van der Waals surface area contributed by atoms with E-state index >= 15 is 0 Å². The van der Waals surface area contributed by atoms with Crippen molar-refractivity contribution in [1.29, 1.82) is 0 Å². The summed E-state index contributed by atoms with van der Waals surface area (Å²) in [5.41, 5.74) is 6.10. The summed E-state index contributed by atoms with van der Waals surface area (Å²) in [5.74, 6) is 0. The van der Waals surface area contributed by atoms with Gasteiger partial charge in [0.05, 0.1) is 6.10 Å². The van der Waals surface area contributed by atoms with E-state index in [1.54, 1.807) is 11.3 Å². The van der Waals surface area contributed by atoms with E-state index < -0.39 is 0 Å². The molecule has 14 heavy (non-hydrogen) atoms. The van der Waals surface area contributed by atoms with Crippen LogP contribution >= 0.6 is 11.3 Å². The first-order valence-corrected chi connectivity index (χ1v) is 6.15. The van der Waals surface area contributed by atoms with E-state index in [0.29, 0.717) is 6.10 Å². The summed E-state index contributed by atoms with van der Waals surface area (Å²) in [6, 6.07) is 4.33. The summed E-state index contributed by atoms with van der Waals surface area (Å²) in [6.45, 7) is 0.918. The van der Waals surface area contributed by atoms with Crippen LogP contribution in [0.3, 0.4) is 0 Å². The van der Waals surface area contributed by atoms with Crippen molar-refractivity contribution in [2.75, 3.05) is 6.61 Å². The molecule has 0 spiro atoms. The maximum absolute atomic E-state index is 6.10. The van der Waals surface area contributed by atoms with Gasteiger partial charge in [-0.3, -0.25) is 0 Å². The highest BCUT2D eigenvalue weighted by Gasteiger charge is 2.18. The van der Waals surface area contributed by atoms with Gasteiger partial charge in [0.1, 0.15) is 0 Å². The molecule has 3 heteroatoms. The maximum Gasteiger partial charge on any atom is 0.0593 e. The lowest BCUT2D eigenvalue weighted by molar-refractivity contribution is 0.00747. The van der Waals surface area contributed by atoms with Crippen molar-refractivity contribution in [3.63, 3.8) is 0 Å². The number of hydrogen-bond donors (Lipinski definition) is 1. The Morgan fingerprint density at radius 3 is 3.14 bits per heavy atom. The van der Waals surface area contributed by atoms with Crippen LogP contribution in [-0.2, 0) is 4.74 Å². The van der Waals surface area contributed by atoms with Crippen LogP contribution in [-0.4, -0.2) is 12.7 Å². The van der Waals surface area contributed by atoms with E-state index in [-0.39, 0.29) is 6.04 Å². The van der Waals surface area contributed by atoms with Gasteiger partial charge in [0.2, 0.25) is 0 Å². The maximum atomic E-state index is 6.10. The van der Waals surface area contributed by atoms with Crippen molar-refractivity contribution in [2.45, 2.75) is 37.8 Å². The highest BCUT2D eigenvalue weighted by atomic mass is 32.1. The van der Waals surface area contributed by atoms with E-state index in [4.69, 9.17) is 10.5 Å². The molecule has 2 heterocycles. The van der Waals surface area contributed by atoms with E-state index in [1.807, 2.05) is 0 Å².